The van der Waals surface area contributed by atoms with Crippen molar-refractivity contribution in [2.45, 2.75) is 26.9 Å². The molecule has 0 spiro atoms. The third-order valence-corrected chi connectivity index (χ3v) is 2.53. The van der Waals surface area contributed by atoms with Crippen molar-refractivity contribution in [1.82, 2.24) is 9.88 Å². The van der Waals surface area contributed by atoms with Gasteiger partial charge in [0.1, 0.15) is 0 Å². The monoisotopic (exact) mass is 190 g/mol. The van der Waals surface area contributed by atoms with Crippen LogP contribution in [0.25, 0.3) is 0 Å². The quantitative estimate of drug-likeness (QED) is 0.673. The molecule has 74 valence electrons. The summed E-state index contributed by atoms with van der Waals surface area (Å²) in [6.45, 7) is 5.34. The van der Waals surface area contributed by atoms with Crippen LogP contribution in [0.1, 0.15) is 25.0 Å². The van der Waals surface area contributed by atoms with E-state index in [1.54, 1.807) is 6.20 Å². The van der Waals surface area contributed by atoms with Crippen molar-refractivity contribution >= 4 is 5.91 Å². The fourth-order valence-electron chi connectivity index (χ4n) is 1.74. The number of hydrogen-bond acceptors (Lipinski definition) is 2. The zero-order valence-corrected chi connectivity index (χ0v) is 8.53. The summed E-state index contributed by atoms with van der Waals surface area (Å²) in [7, 11) is 0. The van der Waals surface area contributed by atoms with Crippen LogP contribution in [0.5, 0.6) is 0 Å². The molecule has 0 bridgehead atoms. The Morgan fingerprint density at radius 3 is 2.79 bits per heavy atom. The fourth-order valence-corrected chi connectivity index (χ4v) is 1.74. The van der Waals surface area contributed by atoms with Gasteiger partial charge < -0.3 is 4.90 Å². The van der Waals surface area contributed by atoms with Crippen molar-refractivity contribution in [3.63, 3.8) is 0 Å². The van der Waals surface area contributed by atoms with E-state index < -0.39 is 0 Å². The van der Waals surface area contributed by atoms with Crippen LogP contribution in [-0.4, -0.2) is 15.8 Å². The first kappa shape index (κ1) is 9.19. The molecule has 0 fully saturated rings. The summed E-state index contributed by atoms with van der Waals surface area (Å²) in [6, 6.07) is 1.99. The topological polar surface area (TPSA) is 33.2 Å². The van der Waals surface area contributed by atoms with Gasteiger partial charge in [-0.25, -0.2) is 0 Å². The van der Waals surface area contributed by atoms with Crippen molar-refractivity contribution in [1.29, 1.82) is 0 Å². The number of hydrogen-bond donors (Lipinski definition) is 0. The van der Waals surface area contributed by atoms with E-state index in [4.69, 9.17) is 0 Å². The van der Waals surface area contributed by atoms with Gasteiger partial charge in [0.2, 0.25) is 5.91 Å². The lowest BCUT2D eigenvalue weighted by atomic mass is 10.2. The van der Waals surface area contributed by atoms with Crippen molar-refractivity contribution in [2.75, 3.05) is 0 Å². The van der Waals surface area contributed by atoms with Crippen LogP contribution in [0, 0.1) is 5.92 Å². The molecule has 1 aliphatic rings. The number of carbonyl (C=O) groups is 1. The SMILES string of the molecule is CC(C)C(=O)N1Cc2ccncc2C1. The molecule has 1 amide bonds. The zero-order valence-electron chi connectivity index (χ0n) is 8.53. The molecule has 1 aliphatic heterocycles. The first-order chi connectivity index (χ1) is 6.68. The van der Waals surface area contributed by atoms with E-state index in [1.807, 2.05) is 31.0 Å². The van der Waals surface area contributed by atoms with E-state index >= 15 is 0 Å². The molecule has 3 nitrogen and oxygen atoms in total. The Bertz CT molecular complexity index is 335. The standard InChI is InChI=1S/C11H14N2O/c1-8(2)11(14)13-6-9-3-4-12-5-10(9)7-13/h3-5,8H,6-7H2,1-2H3. The summed E-state index contributed by atoms with van der Waals surface area (Å²) in [5.74, 6) is 0.304. The van der Waals surface area contributed by atoms with Crippen LogP contribution < -0.4 is 0 Å². The van der Waals surface area contributed by atoms with Gasteiger partial charge in [-0.15, -0.1) is 0 Å². The van der Waals surface area contributed by atoms with Crippen LogP contribution in [0.4, 0.5) is 0 Å². The number of fused-ring (bicyclic) bond motifs is 1. The highest BCUT2D eigenvalue weighted by atomic mass is 16.2. The maximum absolute atomic E-state index is 11.7. The highest BCUT2D eigenvalue weighted by Crippen LogP contribution is 2.22. The van der Waals surface area contributed by atoms with Gasteiger partial charge in [0.25, 0.3) is 0 Å². The smallest absolute Gasteiger partial charge is 0.225 e. The lowest BCUT2D eigenvalue weighted by molar-refractivity contribution is -0.135. The minimum Gasteiger partial charge on any atom is -0.334 e. The van der Waals surface area contributed by atoms with E-state index in [2.05, 4.69) is 4.98 Å². The summed E-state index contributed by atoms with van der Waals surface area (Å²) < 4.78 is 0. The number of aromatic nitrogens is 1. The minimum absolute atomic E-state index is 0.0808. The Morgan fingerprint density at radius 2 is 2.14 bits per heavy atom. The molecule has 2 heterocycles. The van der Waals surface area contributed by atoms with Crippen molar-refractivity contribution in [3.05, 3.63) is 29.6 Å². The second-order valence-corrected chi connectivity index (χ2v) is 3.99. The van der Waals surface area contributed by atoms with Crippen molar-refractivity contribution in [3.8, 4) is 0 Å². The third kappa shape index (κ3) is 1.50. The second kappa shape index (κ2) is 3.40. The molecule has 0 aliphatic carbocycles. The first-order valence-corrected chi connectivity index (χ1v) is 4.89. The highest BCUT2D eigenvalue weighted by molar-refractivity contribution is 5.78. The van der Waals surface area contributed by atoms with E-state index in [9.17, 15) is 4.79 Å². The molecule has 2 rings (SSSR count). The summed E-state index contributed by atoms with van der Waals surface area (Å²) in [5, 5.41) is 0. The van der Waals surface area contributed by atoms with Gasteiger partial charge in [-0.3, -0.25) is 9.78 Å². The predicted octanol–water partition coefficient (Wildman–Crippen LogP) is 1.58. The van der Waals surface area contributed by atoms with Gasteiger partial charge in [0.15, 0.2) is 0 Å². The third-order valence-electron chi connectivity index (χ3n) is 2.53. The molecule has 0 atom stereocenters. The number of amides is 1. The Morgan fingerprint density at radius 1 is 1.43 bits per heavy atom. The molecular weight excluding hydrogens is 176 g/mol. The molecule has 0 radical (unpaired) electrons. The summed E-state index contributed by atoms with van der Waals surface area (Å²) in [6.07, 6.45) is 3.63. The molecule has 0 N–H and O–H groups in total. The predicted molar refractivity (Wildman–Crippen MR) is 53.3 cm³/mol. The van der Waals surface area contributed by atoms with Gasteiger partial charge >= 0.3 is 0 Å². The first-order valence-electron chi connectivity index (χ1n) is 4.89. The molecule has 3 heteroatoms. The Balaban J connectivity index is 2.16. The Labute approximate surface area is 83.8 Å². The van der Waals surface area contributed by atoms with Gasteiger partial charge in [-0.1, -0.05) is 13.8 Å². The number of carbonyl (C=O) groups excluding carboxylic acids is 1. The summed E-state index contributed by atoms with van der Waals surface area (Å²) in [4.78, 5) is 17.7. The average Bonchev–Trinajstić information content (AvgIpc) is 2.59. The Kier molecular flexibility index (Phi) is 2.23. The molecular formula is C11H14N2O. The van der Waals surface area contributed by atoms with Crippen LogP contribution in [0.3, 0.4) is 0 Å². The van der Waals surface area contributed by atoms with E-state index in [1.165, 1.54) is 11.1 Å². The maximum Gasteiger partial charge on any atom is 0.225 e. The summed E-state index contributed by atoms with van der Waals surface area (Å²) >= 11 is 0. The maximum atomic E-state index is 11.7. The molecule has 0 saturated heterocycles. The molecule has 1 aromatic rings. The lowest BCUT2D eigenvalue weighted by Gasteiger charge is -2.17. The molecule has 0 aromatic carbocycles. The van der Waals surface area contributed by atoms with Gasteiger partial charge in [-0.2, -0.15) is 0 Å². The van der Waals surface area contributed by atoms with E-state index in [0.29, 0.717) is 0 Å². The molecule has 0 saturated carbocycles. The molecule has 0 unspecified atom stereocenters. The van der Waals surface area contributed by atoms with Gasteiger partial charge in [0.05, 0.1) is 0 Å². The second-order valence-electron chi connectivity index (χ2n) is 3.99. The van der Waals surface area contributed by atoms with Crippen LogP contribution >= 0.6 is 0 Å². The molecule has 14 heavy (non-hydrogen) atoms. The van der Waals surface area contributed by atoms with Gasteiger partial charge in [0, 0.05) is 31.4 Å². The fraction of sp³-hybridized carbons (Fsp3) is 0.455. The summed E-state index contributed by atoms with van der Waals surface area (Å²) in [5.41, 5.74) is 2.41. The van der Waals surface area contributed by atoms with Gasteiger partial charge in [-0.05, 0) is 17.2 Å². The van der Waals surface area contributed by atoms with Crippen molar-refractivity contribution in [2.24, 2.45) is 5.92 Å². The normalized spacial score (nSPS) is 14.6. The minimum atomic E-state index is 0.0808. The number of rotatable bonds is 1. The average molecular weight is 190 g/mol. The highest BCUT2D eigenvalue weighted by Gasteiger charge is 2.24. The van der Waals surface area contributed by atoms with Crippen LogP contribution in [-0.2, 0) is 17.9 Å². The van der Waals surface area contributed by atoms with Crippen LogP contribution in [0.15, 0.2) is 18.5 Å². The van der Waals surface area contributed by atoms with Crippen LogP contribution in [0.2, 0.25) is 0 Å². The molecule has 1 aromatic heterocycles. The lowest BCUT2D eigenvalue weighted by Crippen LogP contribution is -2.29. The largest absolute Gasteiger partial charge is 0.334 e. The van der Waals surface area contributed by atoms with E-state index in [-0.39, 0.29) is 11.8 Å². The Hall–Kier alpha value is -1.38. The van der Waals surface area contributed by atoms with Crippen molar-refractivity contribution < 1.29 is 4.79 Å². The zero-order chi connectivity index (χ0) is 10.1. The van der Waals surface area contributed by atoms with E-state index in [0.717, 1.165) is 13.1 Å². The number of nitrogens with zero attached hydrogens (tertiary/aromatic N) is 2. The number of pyridine rings is 1.